The summed E-state index contributed by atoms with van der Waals surface area (Å²) >= 11 is 0. The van der Waals surface area contributed by atoms with Crippen molar-refractivity contribution in [3.63, 3.8) is 0 Å². The molecule has 1 saturated heterocycles. The monoisotopic (exact) mass is 653 g/mol. The number of hydrogen-bond acceptors (Lipinski definition) is 9. The van der Waals surface area contributed by atoms with Crippen LogP contribution >= 0.6 is 0 Å². The molecule has 3 rings (SSSR count). The number of amides is 2. The van der Waals surface area contributed by atoms with Gasteiger partial charge in [-0.1, -0.05) is 105 Å². The molecular weight excluding hydrogens is 606 g/mol. The number of ether oxygens (including phenoxy) is 3. The van der Waals surface area contributed by atoms with Gasteiger partial charge >= 0.3 is 11.9 Å². The molecule has 6 atom stereocenters. The maximum atomic E-state index is 12.3. The zero-order valence-electron chi connectivity index (χ0n) is 27.5. The number of aliphatic hydroxyl groups is 1. The predicted molar refractivity (Wildman–Crippen MR) is 175 cm³/mol. The molecule has 13 heteroatoms. The van der Waals surface area contributed by atoms with E-state index in [1.54, 1.807) is 0 Å². The summed E-state index contributed by atoms with van der Waals surface area (Å²) in [6.07, 6.45) is 3.62. The highest BCUT2D eigenvalue weighted by atomic mass is 16.6. The van der Waals surface area contributed by atoms with Gasteiger partial charge in [0.05, 0.1) is 26.4 Å². The van der Waals surface area contributed by atoms with Crippen LogP contribution < -0.4 is 10.6 Å². The van der Waals surface area contributed by atoms with Crippen molar-refractivity contribution in [2.75, 3.05) is 14.2 Å². The number of epoxide rings is 1. The second kappa shape index (κ2) is 21.4. The molecule has 1 heterocycles. The molecule has 0 radical (unpaired) electrons. The molecule has 0 aliphatic carbocycles. The van der Waals surface area contributed by atoms with E-state index < -0.39 is 48.2 Å². The first-order valence-electron chi connectivity index (χ1n) is 15.9. The number of benzene rings is 2. The molecule has 1 aliphatic heterocycles. The summed E-state index contributed by atoms with van der Waals surface area (Å²) in [7, 11) is 2.55. The number of azide groups is 1. The first-order valence-corrected chi connectivity index (χ1v) is 15.9. The second-order valence-corrected chi connectivity index (χ2v) is 11.1. The lowest BCUT2D eigenvalue weighted by atomic mass is 10.0. The van der Waals surface area contributed by atoms with Gasteiger partial charge in [-0.2, -0.15) is 0 Å². The number of esters is 2. The van der Waals surface area contributed by atoms with Crippen LogP contribution in [0.1, 0.15) is 63.5 Å². The van der Waals surface area contributed by atoms with E-state index >= 15 is 0 Å². The summed E-state index contributed by atoms with van der Waals surface area (Å²) in [5, 5.41) is 18.9. The normalized spacial score (nSPS) is 17.2. The molecular formula is C34H47N5O8. The molecule has 47 heavy (non-hydrogen) atoms. The van der Waals surface area contributed by atoms with Crippen molar-refractivity contribution in [2.45, 2.75) is 102 Å². The highest BCUT2D eigenvalue weighted by molar-refractivity contribution is 5.89. The number of nitrogens with zero attached hydrogens (tertiary/aromatic N) is 3. The summed E-state index contributed by atoms with van der Waals surface area (Å²) < 4.78 is 14.9. The molecule has 1 aliphatic rings. The van der Waals surface area contributed by atoms with E-state index in [4.69, 9.17) is 19.7 Å². The van der Waals surface area contributed by atoms with Crippen molar-refractivity contribution in [2.24, 2.45) is 5.11 Å². The molecule has 0 aromatic heterocycles. The lowest BCUT2D eigenvalue weighted by molar-refractivity contribution is -0.146. The van der Waals surface area contributed by atoms with E-state index in [1.165, 1.54) is 14.2 Å². The Morgan fingerprint density at radius 1 is 0.872 bits per heavy atom. The van der Waals surface area contributed by atoms with Crippen molar-refractivity contribution >= 4 is 23.8 Å². The number of carbonyl (C=O) groups excluding carboxylic acids is 4. The van der Waals surface area contributed by atoms with E-state index in [0.29, 0.717) is 19.3 Å². The Hall–Kier alpha value is -4.45. The van der Waals surface area contributed by atoms with E-state index in [1.807, 2.05) is 67.6 Å². The first kappa shape index (κ1) is 38.7. The molecule has 2 amide bonds. The molecule has 2 aromatic carbocycles. The summed E-state index contributed by atoms with van der Waals surface area (Å²) in [5.74, 6) is -2.05. The fourth-order valence-electron chi connectivity index (χ4n) is 4.81. The van der Waals surface area contributed by atoms with E-state index in [0.717, 1.165) is 36.8 Å². The minimum absolute atomic E-state index is 0.00466. The number of carbonyl (C=O) groups is 4. The highest BCUT2D eigenvalue weighted by Gasteiger charge is 2.45. The fraction of sp³-hybridized carbons (Fsp3) is 0.529. The predicted octanol–water partition coefficient (Wildman–Crippen LogP) is 3.96. The minimum Gasteiger partial charge on any atom is -0.467 e. The van der Waals surface area contributed by atoms with Crippen LogP contribution in [0.2, 0.25) is 0 Å². The van der Waals surface area contributed by atoms with Crippen molar-refractivity contribution in [1.82, 2.24) is 10.6 Å². The number of hydrogen-bond donors (Lipinski definition) is 3. The van der Waals surface area contributed by atoms with Crippen LogP contribution in [0.5, 0.6) is 0 Å². The largest absolute Gasteiger partial charge is 0.467 e. The Morgan fingerprint density at radius 3 is 1.85 bits per heavy atom. The standard InChI is InChI=1S/C17H24N4O4.C17H23NO4/c1-3-4-10-13(20-21-18)15(22)16(23)19-14(17(24)25-2)11-12-8-6-5-7-9-12;1-3-4-10-14-15(22-14)16(19)18-13(17(20)21-2)11-12-8-6-5-7-9-12/h5-9,13-15,22H,3-4,10-11H2,1-2H3,(H,19,23);5-9,13-15H,3-4,10-11H2,1-2H3,(H,18,19)/t13-,14-,15-;13-,14+,15-/m00/s1. The van der Waals surface area contributed by atoms with Gasteiger partial charge in [0, 0.05) is 17.8 Å². The van der Waals surface area contributed by atoms with Gasteiger partial charge in [0.1, 0.15) is 18.2 Å². The molecule has 256 valence electrons. The topological polar surface area (TPSA) is 192 Å². The van der Waals surface area contributed by atoms with Gasteiger partial charge in [0.25, 0.3) is 5.91 Å². The molecule has 0 spiro atoms. The Bertz CT molecular complexity index is 1310. The van der Waals surface area contributed by atoms with Crippen molar-refractivity contribution in [3.8, 4) is 0 Å². The Kier molecular flexibility index (Phi) is 17.6. The van der Waals surface area contributed by atoms with Crippen LogP contribution in [0.25, 0.3) is 10.4 Å². The number of aliphatic hydroxyl groups excluding tert-OH is 1. The molecule has 0 unspecified atom stereocenters. The van der Waals surface area contributed by atoms with E-state index in [9.17, 15) is 24.3 Å². The van der Waals surface area contributed by atoms with Gasteiger partial charge in [-0.05, 0) is 29.5 Å². The SMILES string of the molecule is CCCC[C@H](N=[N+]=[N-])[C@H](O)C(=O)N[C@@H](Cc1ccccc1)C(=O)OC.CCCC[C@H]1O[C@@H]1C(=O)N[C@@H](Cc1ccccc1)C(=O)OC. The minimum atomic E-state index is -1.52. The van der Waals surface area contributed by atoms with Crippen molar-refractivity contribution in [3.05, 3.63) is 82.2 Å². The average Bonchev–Trinajstić information content (AvgIpc) is 3.88. The maximum absolute atomic E-state index is 12.3. The van der Waals surface area contributed by atoms with Crippen LogP contribution in [-0.4, -0.2) is 79.5 Å². The molecule has 1 fully saturated rings. The van der Waals surface area contributed by atoms with E-state index in [-0.39, 0.29) is 18.4 Å². The van der Waals surface area contributed by atoms with Crippen molar-refractivity contribution < 1.29 is 38.5 Å². The molecule has 3 N–H and O–H groups in total. The molecule has 0 saturated carbocycles. The summed E-state index contributed by atoms with van der Waals surface area (Å²) in [6.45, 7) is 4.05. The number of nitrogens with one attached hydrogen (secondary N) is 2. The van der Waals surface area contributed by atoms with Gasteiger partial charge in [-0.15, -0.1) is 0 Å². The Balaban J connectivity index is 0.000000329. The van der Waals surface area contributed by atoms with Crippen LogP contribution in [0.3, 0.4) is 0 Å². The third kappa shape index (κ3) is 13.8. The Labute approximate surface area is 276 Å². The van der Waals surface area contributed by atoms with Crippen molar-refractivity contribution in [1.29, 1.82) is 0 Å². The third-order valence-electron chi connectivity index (χ3n) is 7.54. The van der Waals surface area contributed by atoms with Crippen LogP contribution in [0, 0.1) is 0 Å². The molecule has 2 aromatic rings. The smallest absolute Gasteiger partial charge is 0.328 e. The summed E-state index contributed by atoms with van der Waals surface area (Å²) in [5.41, 5.74) is 10.4. The zero-order chi connectivity index (χ0) is 34.6. The zero-order valence-corrected chi connectivity index (χ0v) is 27.5. The quantitative estimate of drug-likeness (QED) is 0.0707. The second-order valence-electron chi connectivity index (χ2n) is 11.1. The number of unbranched alkanes of at least 4 members (excludes halogenated alkanes) is 2. The van der Waals surface area contributed by atoms with Gasteiger partial charge in [-0.25, -0.2) is 9.59 Å². The summed E-state index contributed by atoms with van der Waals surface area (Å²) in [4.78, 5) is 50.9. The highest BCUT2D eigenvalue weighted by Crippen LogP contribution is 2.27. The van der Waals surface area contributed by atoms with Gasteiger partial charge in [-0.3, -0.25) is 9.59 Å². The van der Waals surface area contributed by atoms with Crippen LogP contribution in [0.15, 0.2) is 65.8 Å². The van der Waals surface area contributed by atoms with E-state index in [2.05, 4.69) is 27.6 Å². The maximum Gasteiger partial charge on any atom is 0.328 e. The third-order valence-corrected chi connectivity index (χ3v) is 7.54. The number of methoxy groups -OCH3 is 2. The number of rotatable bonds is 18. The molecule has 0 bridgehead atoms. The lowest BCUT2D eigenvalue weighted by Crippen LogP contribution is -2.49. The lowest BCUT2D eigenvalue weighted by Gasteiger charge is -2.21. The summed E-state index contributed by atoms with van der Waals surface area (Å²) in [6, 6.07) is 16.2. The van der Waals surface area contributed by atoms with Crippen LogP contribution in [-0.2, 0) is 46.2 Å². The molecule has 13 nitrogen and oxygen atoms in total. The van der Waals surface area contributed by atoms with Gasteiger partial charge in [0.2, 0.25) is 5.91 Å². The van der Waals surface area contributed by atoms with Gasteiger partial charge in [0.15, 0.2) is 6.10 Å². The van der Waals surface area contributed by atoms with Crippen LogP contribution in [0.4, 0.5) is 0 Å². The Morgan fingerprint density at radius 2 is 1.38 bits per heavy atom. The average molecular weight is 654 g/mol. The fourth-order valence-corrected chi connectivity index (χ4v) is 4.81. The van der Waals surface area contributed by atoms with Gasteiger partial charge < -0.3 is 30.0 Å². The first-order chi connectivity index (χ1) is 22.7.